The van der Waals surface area contributed by atoms with Gasteiger partial charge in [-0.3, -0.25) is 4.79 Å². The highest BCUT2D eigenvalue weighted by atomic mass is 19.1. The molecule has 1 unspecified atom stereocenters. The SMILES string of the molecule is CC(NC(=O)C(C)(C)C)[C@H](Oc1ccc(Nc2ccc(F)cc2)c(C=N)c1)c1cccc(F)c1. The summed E-state index contributed by atoms with van der Waals surface area (Å²) >= 11 is 0. The standard InChI is InChI=1S/C27H29F2N3O2/c1-17(31-26(33)27(2,3)4)25(18-6-5-7-21(29)14-18)34-23-12-13-24(19(15-23)16-30)32-22-10-8-20(28)9-11-22/h5-17,25,30,32H,1-4H3,(H,31,33)/t17?,25-/m0/s1. The zero-order valence-electron chi connectivity index (χ0n) is 19.7. The Hall–Kier alpha value is -3.74. The van der Waals surface area contributed by atoms with E-state index in [9.17, 15) is 13.6 Å². The molecule has 5 nitrogen and oxygen atoms in total. The first-order valence-corrected chi connectivity index (χ1v) is 11.0. The summed E-state index contributed by atoms with van der Waals surface area (Å²) in [4.78, 5) is 12.6. The minimum Gasteiger partial charge on any atom is -0.484 e. The number of carbonyl (C=O) groups is 1. The van der Waals surface area contributed by atoms with Crippen LogP contribution in [0.2, 0.25) is 0 Å². The van der Waals surface area contributed by atoms with Gasteiger partial charge in [-0.1, -0.05) is 32.9 Å². The molecule has 1 amide bonds. The highest BCUT2D eigenvalue weighted by Crippen LogP contribution is 2.30. The Balaban J connectivity index is 1.88. The molecule has 34 heavy (non-hydrogen) atoms. The van der Waals surface area contributed by atoms with Crippen LogP contribution in [-0.4, -0.2) is 18.2 Å². The molecule has 0 saturated carbocycles. The molecule has 0 spiro atoms. The molecular weight excluding hydrogens is 436 g/mol. The van der Waals surface area contributed by atoms with Crippen molar-refractivity contribution in [2.75, 3.05) is 5.32 Å². The summed E-state index contributed by atoms with van der Waals surface area (Å²) < 4.78 is 33.4. The topological polar surface area (TPSA) is 74.2 Å². The average molecular weight is 466 g/mol. The van der Waals surface area contributed by atoms with Gasteiger partial charge in [0.05, 0.1) is 6.04 Å². The smallest absolute Gasteiger partial charge is 0.225 e. The maximum Gasteiger partial charge on any atom is 0.225 e. The Labute approximate surface area is 198 Å². The van der Waals surface area contributed by atoms with Gasteiger partial charge in [-0.25, -0.2) is 8.78 Å². The molecule has 0 radical (unpaired) electrons. The number of hydrogen-bond donors (Lipinski definition) is 3. The van der Waals surface area contributed by atoms with E-state index in [1.165, 1.54) is 30.5 Å². The van der Waals surface area contributed by atoms with Crippen LogP contribution in [0.1, 0.15) is 44.9 Å². The van der Waals surface area contributed by atoms with Crippen molar-refractivity contribution in [3.05, 3.63) is 89.5 Å². The fourth-order valence-corrected chi connectivity index (χ4v) is 3.32. The minimum atomic E-state index is -0.670. The number of amides is 1. The van der Waals surface area contributed by atoms with Crippen LogP contribution >= 0.6 is 0 Å². The first-order valence-electron chi connectivity index (χ1n) is 11.0. The molecule has 0 heterocycles. The molecule has 2 atom stereocenters. The number of ether oxygens (including phenoxy) is 1. The third kappa shape index (κ3) is 6.41. The molecule has 0 aliphatic heterocycles. The number of halogens is 2. The molecule has 3 aromatic rings. The van der Waals surface area contributed by atoms with Gasteiger partial charge in [0.1, 0.15) is 23.5 Å². The lowest BCUT2D eigenvalue weighted by atomic mass is 9.94. The summed E-state index contributed by atoms with van der Waals surface area (Å²) in [5.74, 6) is -0.435. The van der Waals surface area contributed by atoms with E-state index in [1.54, 1.807) is 49.4 Å². The number of anilines is 2. The predicted octanol–water partition coefficient (Wildman–Crippen LogP) is 6.38. The minimum absolute atomic E-state index is 0.149. The molecule has 3 aromatic carbocycles. The molecule has 3 rings (SSSR count). The molecule has 0 fully saturated rings. The Kier molecular flexibility index (Phi) is 7.66. The summed E-state index contributed by atoms with van der Waals surface area (Å²) in [7, 11) is 0. The highest BCUT2D eigenvalue weighted by molar-refractivity contribution is 5.88. The van der Waals surface area contributed by atoms with E-state index < -0.39 is 23.4 Å². The second-order valence-electron chi connectivity index (χ2n) is 9.13. The maximum atomic E-state index is 14.0. The number of rotatable bonds is 8. The predicted molar refractivity (Wildman–Crippen MR) is 131 cm³/mol. The summed E-state index contributed by atoms with van der Waals surface area (Å²) in [6, 6.07) is 16.7. The summed E-state index contributed by atoms with van der Waals surface area (Å²) in [6.45, 7) is 7.25. The molecular formula is C27H29F2N3O2. The van der Waals surface area contributed by atoms with E-state index in [4.69, 9.17) is 10.1 Å². The normalized spacial score (nSPS) is 13.0. The maximum absolute atomic E-state index is 14.0. The Morgan fingerprint density at radius 1 is 1.00 bits per heavy atom. The van der Waals surface area contributed by atoms with Gasteiger partial charge in [0.15, 0.2) is 0 Å². The molecule has 178 valence electrons. The van der Waals surface area contributed by atoms with Crippen LogP contribution < -0.4 is 15.4 Å². The monoisotopic (exact) mass is 465 g/mol. The zero-order chi connectivity index (χ0) is 24.9. The fraction of sp³-hybridized carbons (Fsp3) is 0.259. The van der Waals surface area contributed by atoms with Gasteiger partial charge >= 0.3 is 0 Å². The van der Waals surface area contributed by atoms with Crippen LogP contribution in [0.25, 0.3) is 0 Å². The van der Waals surface area contributed by atoms with Crippen molar-refractivity contribution in [3.8, 4) is 5.75 Å². The molecule has 0 bridgehead atoms. The second kappa shape index (κ2) is 10.5. The van der Waals surface area contributed by atoms with Gasteiger partial charge < -0.3 is 20.8 Å². The van der Waals surface area contributed by atoms with Gasteiger partial charge in [0, 0.05) is 28.6 Å². The lowest BCUT2D eigenvalue weighted by Gasteiger charge is -2.29. The molecule has 0 aromatic heterocycles. The Bertz CT molecular complexity index is 1160. The van der Waals surface area contributed by atoms with E-state index in [0.717, 1.165) is 0 Å². The quantitative estimate of drug-likeness (QED) is 0.338. The van der Waals surface area contributed by atoms with Gasteiger partial charge in [-0.15, -0.1) is 0 Å². The highest BCUT2D eigenvalue weighted by Gasteiger charge is 2.28. The molecule has 0 aliphatic carbocycles. The summed E-state index contributed by atoms with van der Waals surface area (Å²) in [5, 5.41) is 13.9. The second-order valence-corrected chi connectivity index (χ2v) is 9.13. The van der Waals surface area contributed by atoms with Crippen LogP contribution in [0.3, 0.4) is 0 Å². The van der Waals surface area contributed by atoms with E-state index in [2.05, 4.69) is 10.6 Å². The van der Waals surface area contributed by atoms with Crippen LogP contribution in [0, 0.1) is 22.5 Å². The molecule has 0 aliphatic rings. The van der Waals surface area contributed by atoms with Crippen LogP contribution in [0.4, 0.5) is 20.2 Å². The van der Waals surface area contributed by atoms with Crippen molar-refractivity contribution in [1.82, 2.24) is 5.32 Å². The van der Waals surface area contributed by atoms with Crippen molar-refractivity contribution in [3.63, 3.8) is 0 Å². The molecule has 3 N–H and O–H groups in total. The van der Waals surface area contributed by atoms with Crippen LogP contribution in [0.5, 0.6) is 5.75 Å². The van der Waals surface area contributed by atoms with Crippen molar-refractivity contribution < 1.29 is 18.3 Å². The third-order valence-electron chi connectivity index (χ3n) is 5.24. The van der Waals surface area contributed by atoms with E-state index in [-0.39, 0.29) is 11.7 Å². The van der Waals surface area contributed by atoms with Gasteiger partial charge in [-0.2, -0.15) is 0 Å². The fourth-order valence-electron chi connectivity index (χ4n) is 3.32. The van der Waals surface area contributed by atoms with Gasteiger partial charge in [0.2, 0.25) is 5.91 Å². The average Bonchev–Trinajstić information content (AvgIpc) is 2.79. The van der Waals surface area contributed by atoms with Crippen molar-refractivity contribution in [1.29, 1.82) is 5.41 Å². The Morgan fingerprint density at radius 3 is 2.32 bits per heavy atom. The van der Waals surface area contributed by atoms with Crippen LogP contribution in [0.15, 0.2) is 66.7 Å². The molecule has 7 heteroatoms. The first-order chi connectivity index (χ1) is 16.1. The number of benzene rings is 3. The zero-order valence-corrected chi connectivity index (χ0v) is 19.7. The van der Waals surface area contributed by atoms with Gasteiger partial charge in [0.25, 0.3) is 0 Å². The van der Waals surface area contributed by atoms with Crippen LogP contribution in [-0.2, 0) is 4.79 Å². The third-order valence-corrected chi connectivity index (χ3v) is 5.24. The largest absolute Gasteiger partial charge is 0.484 e. The van der Waals surface area contributed by atoms with Gasteiger partial charge in [-0.05, 0) is 67.1 Å². The van der Waals surface area contributed by atoms with Crippen molar-refractivity contribution in [2.45, 2.75) is 39.8 Å². The van der Waals surface area contributed by atoms with E-state index in [0.29, 0.717) is 28.3 Å². The molecule has 0 saturated heterocycles. The van der Waals surface area contributed by atoms with Crippen molar-refractivity contribution >= 4 is 23.5 Å². The first kappa shape index (κ1) is 24.9. The van der Waals surface area contributed by atoms with Crippen molar-refractivity contribution in [2.24, 2.45) is 5.41 Å². The summed E-state index contributed by atoms with van der Waals surface area (Å²) in [5.41, 5.74) is 1.85. The Morgan fingerprint density at radius 2 is 1.71 bits per heavy atom. The summed E-state index contributed by atoms with van der Waals surface area (Å²) in [6.07, 6.45) is 0.511. The van der Waals surface area contributed by atoms with E-state index >= 15 is 0 Å². The number of hydrogen-bond acceptors (Lipinski definition) is 4. The lowest BCUT2D eigenvalue weighted by Crippen LogP contribution is -2.44. The van der Waals surface area contributed by atoms with E-state index in [1.807, 2.05) is 20.8 Å². The number of carbonyl (C=O) groups excluding carboxylic acids is 1. The lowest BCUT2D eigenvalue weighted by molar-refractivity contribution is -0.129. The number of nitrogens with one attached hydrogen (secondary N) is 3.